The van der Waals surface area contributed by atoms with Gasteiger partial charge < -0.3 is 9.47 Å². The lowest BCUT2D eigenvalue weighted by atomic mass is 10.2. The van der Waals surface area contributed by atoms with Crippen LogP contribution in [0.4, 0.5) is 5.69 Å². The van der Waals surface area contributed by atoms with E-state index in [1.807, 2.05) is 49.4 Å². The Balaban J connectivity index is 1.43. The minimum absolute atomic E-state index is 0.811. The van der Waals surface area contributed by atoms with Gasteiger partial charge in [0, 0.05) is 68.6 Å². The molecule has 1 fully saturated rings. The molecule has 118 valence electrons. The van der Waals surface area contributed by atoms with Crippen molar-refractivity contribution in [2.24, 2.45) is 7.05 Å². The second-order valence-electron chi connectivity index (χ2n) is 5.48. The van der Waals surface area contributed by atoms with E-state index in [1.165, 1.54) is 5.69 Å². The Morgan fingerprint density at radius 2 is 2.05 bits per heavy atom. The summed E-state index contributed by atoms with van der Waals surface area (Å²) in [4.78, 5) is 9.28. The molecule has 6 heteroatoms. The van der Waals surface area contributed by atoms with Gasteiger partial charge in [0.1, 0.15) is 0 Å². The zero-order valence-corrected chi connectivity index (χ0v) is 14.4. The first-order valence-electron chi connectivity index (χ1n) is 7.55. The fourth-order valence-corrected chi connectivity index (χ4v) is 3.78. The van der Waals surface area contributed by atoms with Crippen LogP contribution < -0.4 is 4.90 Å². The first-order valence-corrected chi connectivity index (χ1v) is 8.92. The van der Waals surface area contributed by atoms with Crippen LogP contribution in [0.25, 0.3) is 0 Å². The molecule has 0 N–H and O–H groups in total. The van der Waals surface area contributed by atoms with E-state index < -0.39 is 0 Å². The van der Waals surface area contributed by atoms with Crippen LogP contribution in [0, 0.1) is 0 Å². The second-order valence-corrected chi connectivity index (χ2v) is 6.98. The highest BCUT2D eigenvalue weighted by atomic mass is 35.5. The van der Waals surface area contributed by atoms with Gasteiger partial charge in [-0.05, 0) is 18.2 Å². The number of thioether (sulfide) groups is 1. The van der Waals surface area contributed by atoms with Gasteiger partial charge in [0.2, 0.25) is 0 Å². The summed E-state index contributed by atoms with van der Waals surface area (Å²) in [5, 5.41) is 1.91. The van der Waals surface area contributed by atoms with Gasteiger partial charge in [-0.15, -0.1) is 0 Å². The van der Waals surface area contributed by atoms with E-state index in [9.17, 15) is 0 Å². The molecular formula is C16H21ClN4S. The maximum absolute atomic E-state index is 6.08. The summed E-state index contributed by atoms with van der Waals surface area (Å²) >= 11 is 7.90. The van der Waals surface area contributed by atoms with Crippen LogP contribution in [-0.2, 0) is 7.05 Å². The third-order valence-corrected chi connectivity index (χ3v) is 5.23. The lowest BCUT2D eigenvalue weighted by Crippen LogP contribution is -2.47. The van der Waals surface area contributed by atoms with Gasteiger partial charge in [0.15, 0.2) is 5.16 Å². The van der Waals surface area contributed by atoms with Gasteiger partial charge in [-0.3, -0.25) is 4.90 Å². The predicted molar refractivity (Wildman–Crippen MR) is 94.0 cm³/mol. The molecule has 1 saturated heterocycles. The molecule has 4 nitrogen and oxygen atoms in total. The van der Waals surface area contributed by atoms with Gasteiger partial charge in [0.05, 0.1) is 0 Å². The summed E-state index contributed by atoms with van der Waals surface area (Å²) in [5.74, 6) is 1.09. The van der Waals surface area contributed by atoms with Crippen molar-refractivity contribution < 1.29 is 0 Å². The minimum Gasteiger partial charge on any atom is -0.369 e. The highest BCUT2D eigenvalue weighted by Gasteiger charge is 2.17. The summed E-state index contributed by atoms with van der Waals surface area (Å²) in [6.07, 6.45) is 3.85. The molecule has 1 aliphatic rings. The summed E-state index contributed by atoms with van der Waals surface area (Å²) in [7, 11) is 2.04. The Hall–Kier alpha value is -1.17. The first-order chi connectivity index (χ1) is 10.7. The smallest absolute Gasteiger partial charge is 0.167 e. The summed E-state index contributed by atoms with van der Waals surface area (Å²) in [5.41, 5.74) is 1.23. The van der Waals surface area contributed by atoms with Crippen LogP contribution >= 0.6 is 23.4 Å². The molecule has 0 amide bonds. The van der Waals surface area contributed by atoms with E-state index in [1.54, 1.807) is 0 Å². The molecule has 0 spiro atoms. The molecule has 3 rings (SSSR count). The molecule has 0 aliphatic carbocycles. The molecule has 0 bridgehead atoms. The fraction of sp³-hybridized carbons (Fsp3) is 0.438. The summed E-state index contributed by atoms with van der Waals surface area (Å²) in [6.45, 7) is 5.45. The van der Waals surface area contributed by atoms with Gasteiger partial charge in [-0.1, -0.05) is 29.4 Å². The molecule has 1 aromatic heterocycles. The van der Waals surface area contributed by atoms with E-state index in [0.717, 1.165) is 48.7 Å². The third-order valence-electron chi connectivity index (χ3n) is 3.96. The molecule has 0 saturated carbocycles. The lowest BCUT2D eigenvalue weighted by molar-refractivity contribution is 0.273. The number of aromatic nitrogens is 2. The van der Waals surface area contributed by atoms with Crippen molar-refractivity contribution in [1.82, 2.24) is 14.5 Å². The van der Waals surface area contributed by atoms with Crippen molar-refractivity contribution in [3.8, 4) is 0 Å². The van der Waals surface area contributed by atoms with E-state index in [0.29, 0.717) is 0 Å². The van der Waals surface area contributed by atoms with Crippen molar-refractivity contribution in [1.29, 1.82) is 0 Å². The number of hydrogen-bond acceptors (Lipinski definition) is 4. The van der Waals surface area contributed by atoms with Crippen LogP contribution in [0.3, 0.4) is 0 Å². The molecule has 1 aromatic carbocycles. The van der Waals surface area contributed by atoms with Gasteiger partial charge in [-0.2, -0.15) is 0 Å². The Labute approximate surface area is 141 Å². The largest absolute Gasteiger partial charge is 0.369 e. The van der Waals surface area contributed by atoms with Crippen LogP contribution in [0.5, 0.6) is 0 Å². The quantitative estimate of drug-likeness (QED) is 0.783. The number of hydrogen-bond donors (Lipinski definition) is 0. The molecule has 22 heavy (non-hydrogen) atoms. The standard InChI is InChI=1S/C16H21ClN4S/c1-19-6-5-18-16(19)22-12-11-20-7-9-21(10-8-20)15-4-2-3-14(17)13-15/h2-6,13H,7-12H2,1H3. The number of rotatable bonds is 5. The maximum atomic E-state index is 6.08. The Bertz CT molecular complexity index is 608. The molecule has 0 unspecified atom stereocenters. The Kier molecular flexibility index (Phi) is 5.28. The van der Waals surface area contributed by atoms with E-state index in [-0.39, 0.29) is 0 Å². The molecule has 1 aliphatic heterocycles. The Morgan fingerprint density at radius 1 is 1.23 bits per heavy atom. The first kappa shape index (κ1) is 15.7. The molecule has 0 atom stereocenters. The van der Waals surface area contributed by atoms with Gasteiger partial charge in [-0.25, -0.2) is 4.98 Å². The van der Waals surface area contributed by atoms with Crippen molar-refractivity contribution >= 4 is 29.1 Å². The van der Waals surface area contributed by atoms with Crippen molar-refractivity contribution in [2.75, 3.05) is 43.4 Å². The number of benzene rings is 1. The topological polar surface area (TPSA) is 24.3 Å². The third kappa shape index (κ3) is 3.97. The second kappa shape index (κ2) is 7.40. The lowest BCUT2D eigenvalue weighted by Gasteiger charge is -2.36. The highest BCUT2D eigenvalue weighted by molar-refractivity contribution is 7.99. The van der Waals surface area contributed by atoms with E-state index in [2.05, 4.69) is 25.4 Å². The summed E-state index contributed by atoms with van der Waals surface area (Å²) < 4.78 is 2.07. The van der Waals surface area contributed by atoms with Crippen LogP contribution in [0.2, 0.25) is 5.02 Å². The van der Waals surface area contributed by atoms with E-state index >= 15 is 0 Å². The normalized spacial score (nSPS) is 16.2. The monoisotopic (exact) mass is 336 g/mol. The zero-order chi connectivity index (χ0) is 15.4. The van der Waals surface area contributed by atoms with Crippen LogP contribution in [0.1, 0.15) is 0 Å². The number of imidazole rings is 1. The average molecular weight is 337 g/mol. The number of halogens is 1. The summed E-state index contributed by atoms with van der Waals surface area (Å²) in [6, 6.07) is 8.14. The highest BCUT2D eigenvalue weighted by Crippen LogP contribution is 2.21. The van der Waals surface area contributed by atoms with Crippen molar-refractivity contribution in [3.05, 3.63) is 41.7 Å². The van der Waals surface area contributed by atoms with Gasteiger partial charge in [0.25, 0.3) is 0 Å². The number of anilines is 1. The predicted octanol–water partition coefficient (Wildman–Crippen LogP) is 2.99. The zero-order valence-electron chi connectivity index (χ0n) is 12.8. The molecule has 2 aromatic rings. The minimum atomic E-state index is 0.811. The maximum Gasteiger partial charge on any atom is 0.167 e. The van der Waals surface area contributed by atoms with Crippen molar-refractivity contribution in [3.63, 3.8) is 0 Å². The average Bonchev–Trinajstić information content (AvgIpc) is 2.93. The van der Waals surface area contributed by atoms with E-state index in [4.69, 9.17) is 11.6 Å². The van der Waals surface area contributed by atoms with Crippen LogP contribution in [-0.4, -0.2) is 52.9 Å². The number of nitrogens with zero attached hydrogens (tertiary/aromatic N) is 4. The molecular weight excluding hydrogens is 316 g/mol. The Morgan fingerprint density at radius 3 is 2.73 bits per heavy atom. The van der Waals surface area contributed by atoms with Crippen molar-refractivity contribution in [2.45, 2.75) is 5.16 Å². The molecule has 2 heterocycles. The number of piperazine rings is 1. The van der Waals surface area contributed by atoms with Gasteiger partial charge >= 0.3 is 0 Å². The van der Waals surface area contributed by atoms with Crippen LogP contribution in [0.15, 0.2) is 41.8 Å². The molecule has 0 radical (unpaired) electrons. The SMILES string of the molecule is Cn1ccnc1SCCN1CCN(c2cccc(Cl)c2)CC1. The number of aryl methyl sites for hydroxylation is 1. The fourth-order valence-electron chi connectivity index (χ4n) is 2.66.